The van der Waals surface area contributed by atoms with Crippen LogP contribution in [0.5, 0.6) is 0 Å². The number of fused-ring (bicyclic) bond motifs is 1. The van der Waals surface area contributed by atoms with Crippen molar-refractivity contribution in [1.29, 1.82) is 0 Å². The summed E-state index contributed by atoms with van der Waals surface area (Å²) >= 11 is 0. The summed E-state index contributed by atoms with van der Waals surface area (Å²) in [6.45, 7) is 1.54. The Hall–Kier alpha value is -0.240. The van der Waals surface area contributed by atoms with E-state index in [0.29, 0.717) is 0 Å². The van der Waals surface area contributed by atoms with E-state index in [9.17, 15) is 20.4 Å². The quantitative estimate of drug-likeness (QED) is 0.292. The van der Waals surface area contributed by atoms with E-state index in [2.05, 4.69) is 0 Å². The molecule has 1 saturated carbocycles. The summed E-state index contributed by atoms with van der Waals surface area (Å²) in [5.41, 5.74) is -1.67. The van der Waals surface area contributed by atoms with Crippen molar-refractivity contribution in [3.05, 3.63) is 0 Å². The molecule has 3 unspecified atom stereocenters. The van der Waals surface area contributed by atoms with Gasteiger partial charge in [-0.1, -0.05) is 6.92 Å². The Bertz CT molecular complexity index is 238. The van der Waals surface area contributed by atoms with E-state index in [4.69, 9.17) is 9.84 Å². The minimum atomic E-state index is -1.67. The Morgan fingerprint density at radius 2 is 1.64 bits per heavy atom. The number of aliphatic hydroxyl groups is 5. The number of rotatable bonds is 0. The summed E-state index contributed by atoms with van der Waals surface area (Å²) < 4.78 is 4.80. The van der Waals surface area contributed by atoms with Gasteiger partial charge < -0.3 is 30.3 Å². The Morgan fingerprint density at radius 3 is 2.21 bits per heavy atom. The van der Waals surface area contributed by atoms with E-state index in [-0.39, 0.29) is 0 Å². The van der Waals surface area contributed by atoms with Crippen molar-refractivity contribution in [2.75, 3.05) is 0 Å². The Kier molecular flexibility index (Phi) is 2.11. The SMILES string of the molecule is CC1C(O)[C@H]2OC(O)[C@H](O)[C@@H](O)[C@@]12O. The standard InChI is InChI=1S/C8H14O6/c1-2-3(9)6-8(2,13)5(11)4(10)7(12)14-6/h2-7,9-13H,1H3/t2?,3?,4-,5-,6-,7?,8+/m1/s1. The maximum atomic E-state index is 9.92. The third-order valence-corrected chi connectivity index (χ3v) is 3.38. The molecule has 6 nitrogen and oxygen atoms in total. The van der Waals surface area contributed by atoms with Crippen LogP contribution in [0.15, 0.2) is 0 Å². The fourth-order valence-electron chi connectivity index (χ4n) is 2.24. The summed E-state index contributed by atoms with van der Waals surface area (Å²) in [6.07, 6.45) is -6.60. The summed E-state index contributed by atoms with van der Waals surface area (Å²) in [4.78, 5) is 0. The molecule has 1 saturated heterocycles. The lowest BCUT2D eigenvalue weighted by atomic mass is 9.60. The maximum Gasteiger partial charge on any atom is 0.184 e. The Labute approximate surface area is 80.4 Å². The van der Waals surface area contributed by atoms with Gasteiger partial charge in [0.1, 0.15) is 23.9 Å². The van der Waals surface area contributed by atoms with Crippen molar-refractivity contribution >= 4 is 0 Å². The second-order valence-corrected chi connectivity index (χ2v) is 4.05. The zero-order valence-electron chi connectivity index (χ0n) is 7.61. The van der Waals surface area contributed by atoms with Crippen LogP contribution in [0.25, 0.3) is 0 Å². The molecule has 14 heavy (non-hydrogen) atoms. The molecule has 5 N–H and O–H groups in total. The molecule has 0 bridgehead atoms. The number of ether oxygens (including phenoxy) is 1. The van der Waals surface area contributed by atoms with Gasteiger partial charge >= 0.3 is 0 Å². The molecule has 82 valence electrons. The number of hydrogen-bond acceptors (Lipinski definition) is 6. The van der Waals surface area contributed by atoms with Crippen molar-refractivity contribution in [3.8, 4) is 0 Å². The van der Waals surface area contributed by atoms with Crippen molar-refractivity contribution in [1.82, 2.24) is 0 Å². The molecule has 0 aromatic rings. The first kappa shape index (κ1) is 10.3. The maximum absolute atomic E-state index is 9.92. The largest absolute Gasteiger partial charge is 0.390 e. The summed E-state index contributed by atoms with van der Waals surface area (Å²) in [5.74, 6) is -0.593. The number of hydrogen-bond donors (Lipinski definition) is 5. The molecule has 0 aromatic carbocycles. The van der Waals surface area contributed by atoms with E-state index >= 15 is 0 Å². The molecule has 2 aliphatic rings. The highest BCUT2D eigenvalue weighted by Gasteiger charge is 2.68. The molecule has 1 heterocycles. The van der Waals surface area contributed by atoms with Crippen LogP contribution in [0.4, 0.5) is 0 Å². The van der Waals surface area contributed by atoms with Crippen LogP contribution in [0.1, 0.15) is 6.92 Å². The topological polar surface area (TPSA) is 110 Å². The van der Waals surface area contributed by atoms with Crippen LogP contribution in [-0.4, -0.2) is 61.8 Å². The fraction of sp³-hybridized carbons (Fsp3) is 1.00. The van der Waals surface area contributed by atoms with E-state index in [1.54, 1.807) is 0 Å². The van der Waals surface area contributed by atoms with Gasteiger partial charge in [0.05, 0.1) is 6.10 Å². The average molecular weight is 206 g/mol. The summed E-state index contributed by atoms with van der Waals surface area (Å²) in [7, 11) is 0. The molecule has 2 fully saturated rings. The molecule has 0 amide bonds. The lowest BCUT2D eigenvalue weighted by Gasteiger charge is -2.60. The minimum Gasteiger partial charge on any atom is -0.390 e. The molecule has 1 aliphatic carbocycles. The first-order valence-electron chi connectivity index (χ1n) is 4.50. The smallest absolute Gasteiger partial charge is 0.184 e. The zero-order valence-corrected chi connectivity index (χ0v) is 7.61. The second-order valence-electron chi connectivity index (χ2n) is 4.05. The summed E-state index contributed by atoms with van der Waals surface area (Å²) in [5, 5.41) is 47.3. The van der Waals surface area contributed by atoms with Gasteiger partial charge in [0.15, 0.2) is 6.29 Å². The average Bonchev–Trinajstić information content (AvgIpc) is 2.19. The number of aliphatic hydroxyl groups excluding tert-OH is 4. The van der Waals surface area contributed by atoms with Crippen molar-refractivity contribution in [3.63, 3.8) is 0 Å². The second kappa shape index (κ2) is 2.88. The van der Waals surface area contributed by atoms with Gasteiger partial charge in [-0.2, -0.15) is 0 Å². The van der Waals surface area contributed by atoms with Crippen LogP contribution in [0.2, 0.25) is 0 Å². The predicted molar refractivity (Wildman–Crippen MR) is 43.0 cm³/mol. The molecule has 1 aliphatic heterocycles. The van der Waals surface area contributed by atoms with Gasteiger partial charge in [-0.05, 0) is 0 Å². The summed E-state index contributed by atoms with van der Waals surface area (Å²) in [6, 6.07) is 0. The van der Waals surface area contributed by atoms with Gasteiger partial charge in [0.2, 0.25) is 0 Å². The molecule has 0 spiro atoms. The van der Waals surface area contributed by atoms with Crippen molar-refractivity contribution in [2.24, 2.45) is 5.92 Å². The van der Waals surface area contributed by atoms with Crippen LogP contribution in [-0.2, 0) is 4.74 Å². The van der Waals surface area contributed by atoms with Gasteiger partial charge in [0.25, 0.3) is 0 Å². The minimum absolute atomic E-state index is 0.593. The highest BCUT2D eigenvalue weighted by atomic mass is 16.6. The van der Waals surface area contributed by atoms with Crippen LogP contribution in [0.3, 0.4) is 0 Å². The molecule has 2 rings (SSSR count). The Balaban J connectivity index is 2.25. The highest BCUT2D eigenvalue weighted by molar-refractivity contribution is 5.17. The third kappa shape index (κ3) is 0.955. The normalized spacial score (nSPS) is 63.0. The van der Waals surface area contributed by atoms with E-state index in [1.165, 1.54) is 6.92 Å². The molecular formula is C8H14O6. The zero-order chi connectivity index (χ0) is 10.7. The van der Waals surface area contributed by atoms with Gasteiger partial charge in [-0.3, -0.25) is 0 Å². The van der Waals surface area contributed by atoms with Crippen LogP contribution < -0.4 is 0 Å². The monoisotopic (exact) mass is 206 g/mol. The van der Waals surface area contributed by atoms with Crippen molar-refractivity contribution in [2.45, 2.75) is 43.2 Å². The lowest BCUT2D eigenvalue weighted by molar-refractivity contribution is -0.391. The first-order valence-corrected chi connectivity index (χ1v) is 4.50. The molecule has 7 atom stereocenters. The van der Waals surface area contributed by atoms with Gasteiger partial charge in [-0.15, -0.1) is 0 Å². The van der Waals surface area contributed by atoms with Gasteiger partial charge in [0, 0.05) is 5.92 Å². The van der Waals surface area contributed by atoms with Crippen molar-refractivity contribution < 1.29 is 30.3 Å². The van der Waals surface area contributed by atoms with E-state index in [0.717, 1.165) is 0 Å². The Morgan fingerprint density at radius 1 is 1.07 bits per heavy atom. The highest BCUT2D eigenvalue weighted by Crippen LogP contribution is 2.47. The lowest BCUT2D eigenvalue weighted by Crippen LogP contribution is -2.80. The van der Waals surface area contributed by atoms with Crippen LogP contribution >= 0.6 is 0 Å². The van der Waals surface area contributed by atoms with E-state index < -0.39 is 42.2 Å². The van der Waals surface area contributed by atoms with Crippen LogP contribution in [0, 0.1) is 5.92 Å². The first-order chi connectivity index (χ1) is 6.40. The molecule has 6 heteroatoms. The third-order valence-electron chi connectivity index (χ3n) is 3.38. The molecule has 0 aromatic heterocycles. The molecular weight excluding hydrogens is 192 g/mol. The molecule has 0 radical (unpaired) electrons. The van der Waals surface area contributed by atoms with Gasteiger partial charge in [-0.25, -0.2) is 0 Å². The fourth-order valence-corrected chi connectivity index (χ4v) is 2.24. The van der Waals surface area contributed by atoms with E-state index in [1.807, 2.05) is 0 Å². The predicted octanol–water partition coefficient (Wildman–Crippen LogP) is -2.83.